The monoisotopic (exact) mass is 361 g/mol. The number of carbonyl (C=O) groups is 1. The molecule has 0 saturated carbocycles. The van der Waals surface area contributed by atoms with Crippen molar-refractivity contribution in [2.45, 2.75) is 0 Å². The maximum Gasteiger partial charge on any atom is 0.413 e. The lowest BCUT2D eigenvalue weighted by atomic mass is 10.3. The minimum atomic E-state index is -0.580. The number of benzene rings is 2. The number of hydrogen-bond acceptors (Lipinski definition) is 4. The lowest BCUT2D eigenvalue weighted by molar-refractivity contribution is 0.186. The van der Waals surface area contributed by atoms with Crippen LogP contribution in [0, 0.1) is 0 Å². The largest absolute Gasteiger partial charge is 0.456 e. The van der Waals surface area contributed by atoms with Crippen molar-refractivity contribution in [3.8, 4) is 11.5 Å². The molecule has 0 bridgehead atoms. The Morgan fingerprint density at radius 3 is 2.86 bits per heavy atom. The van der Waals surface area contributed by atoms with Gasteiger partial charge in [-0.05, 0) is 40.2 Å². The van der Waals surface area contributed by atoms with E-state index in [0.717, 1.165) is 9.99 Å². The first kappa shape index (κ1) is 14.4. The van der Waals surface area contributed by atoms with E-state index in [2.05, 4.69) is 36.0 Å². The number of carbonyl (C=O) groups excluding carboxylic acids is 1. The molecule has 3 rings (SSSR count). The number of nitrogens with zero attached hydrogens (tertiary/aromatic N) is 1. The number of anilines is 1. The molecule has 0 saturated heterocycles. The van der Waals surface area contributed by atoms with Gasteiger partial charge in [0, 0.05) is 6.07 Å². The lowest BCUT2D eigenvalue weighted by Crippen LogP contribution is -2.11. The van der Waals surface area contributed by atoms with Gasteiger partial charge in [-0.3, -0.25) is 5.32 Å². The van der Waals surface area contributed by atoms with Crippen molar-refractivity contribution in [3.63, 3.8) is 0 Å². The Morgan fingerprint density at radius 1 is 1.27 bits per heavy atom. The fourth-order valence-corrected chi connectivity index (χ4v) is 2.28. The zero-order valence-electron chi connectivity index (χ0n) is 11.6. The molecule has 1 heterocycles. The molecule has 6 nitrogen and oxygen atoms in total. The third kappa shape index (κ3) is 3.04. The summed E-state index contributed by atoms with van der Waals surface area (Å²) in [5.41, 5.74) is 1.46. The van der Waals surface area contributed by atoms with E-state index in [1.165, 1.54) is 7.11 Å². The van der Waals surface area contributed by atoms with E-state index in [9.17, 15) is 4.79 Å². The Bertz CT molecular complexity index is 832. The average molecular weight is 362 g/mol. The zero-order chi connectivity index (χ0) is 15.5. The number of hydrogen-bond donors (Lipinski definition) is 2. The molecule has 2 aromatic carbocycles. The minimum absolute atomic E-state index is 0.319. The van der Waals surface area contributed by atoms with Crippen molar-refractivity contribution >= 4 is 39.0 Å². The summed E-state index contributed by atoms with van der Waals surface area (Å²) in [4.78, 5) is 18.4. The normalized spacial score (nSPS) is 10.5. The topological polar surface area (TPSA) is 76.2 Å². The van der Waals surface area contributed by atoms with E-state index in [1.807, 2.05) is 36.4 Å². The molecular weight excluding hydrogens is 350 g/mol. The van der Waals surface area contributed by atoms with Gasteiger partial charge in [0.15, 0.2) is 0 Å². The maximum absolute atomic E-state index is 11.2. The smallest absolute Gasteiger partial charge is 0.413 e. The molecular formula is C15H12BrN3O3. The summed E-state index contributed by atoms with van der Waals surface area (Å²) in [7, 11) is 1.29. The first-order valence-electron chi connectivity index (χ1n) is 6.43. The number of aromatic amines is 1. The van der Waals surface area contributed by atoms with Crippen LogP contribution in [0.15, 0.2) is 46.9 Å². The van der Waals surface area contributed by atoms with Crippen LogP contribution in [0.25, 0.3) is 11.0 Å². The van der Waals surface area contributed by atoms with Crippen molar-refractivity contribution in [2.75, 3.05) is 12.4 Å². The fraction of sp³-hybridized carbons (Fsp3) is 0.0667. The molecule has 0 fully saturated rings. The molecule has 3 aromatic rings. The van der Waals surface area contributed by atoms with Gasteiger partial charge >= 0.3 is 6.09 Å². The van der Waals surface area contributed by atoms with E-state index >= 15 is 0 Å². The lowest BCUT2D eigenvalue weighted by Gasteiger charge is -2.07. The van der Waals surface area contributed by atoms with E-state index in [0.29, 0.717) is 23.0 Å². The fourth-order valence-electron chi connectivity index (χ4n) is 1.91. The molecule has 2 N–H and O–H groups in total. The van der Waals surface area contributed by atoms with E-state index in [4.69, 9.17) is 4.74 Å². The van der Waals surface area contributed by atoms with Crippen molar-refractivity contribution < 1.29 is 14.3 Å². The van der Waals surface area contributed by atoms with Crippen LogP contribution in [0.4, 0.5) is 10.7 Å². The summed E-state index contributed by atoms with van der Waals surface area (Å²) < 4.78 is 11.2. The molecule has 0 aliphatic rings. The van der Waals surface area contributed by atoms with Crippen LogP contribution in [0.2, 0.25) is 0 Å². The number of aromatic nitrogens is 2. The predicted molar refractivity (Wildman–Crippen MR) is 86.3 cm³/mol. The summed E-state index contributed by atoms with van der Waals surface area (Å²) in [6, 6.07) is 13.0. The number of imidazole rings is 1. The van der Waals surface area contributed by atoms with E-state index < -0.39 is 6.09 Å². The second-order valence-corrected chi connectivity index (χ2v) is 5.27. The number of H-pyrrole nitrogens is 1. The number of rotatable bonds is 3. The summed E-state index contributed by atoms with van der Waals surface area (Å²) in [6.45, 7) is 0. The Labute approximate surface area is 134 Å². The number of methoxy groups -OCH3 is 1. The SMILES string of the molecule is COC(=O)Nc1nc2ccc(Oc3ccccc3Br)cc2[nH]1. The minimum Gasteiger partial charge on any atom is -0.456 e. The standard InChI is InChI=1S/C15H12BrN3O3/c1-21-15(20)19-14-17-11-7-6-9(8-12(11)18-14)22-13-5-3-2-4-10(13)16/h2-8H,1H3,(H2,17,18,19,20). The van der Waals surface area contributed by atoms with Crippen molar-refractivity contribution in [2.24, 2.45) is 0 Å². The molecule has 7 heteroatoms. The Kier molecular flexibility index (Phi) is 3.97. The van der Waals surface area contributed by atoms with Gasteiger partial charge in [0.1, 0.15) is 11.5 Å². The number of halogens is 1. The highest BCUT2D eigenvalue weighted by molar-refractivity contribution is 9.10. The first-order chi connectivity index (χ1) is 10.7. The summed E-state index contributed by atoms with van der Waals surface area (Å²) in [6.07, 6.45) is -0.580. The van der Waals surface area contributed by atoms with Gasteiger partial charge in [0.05, 0.1) is 22.6 Å². The average Bonchev–Trinajstić information content (AvgIpc) is 2.91. The highest BCUT2D eigenvalue weighted by Crippen LogP contribution is 2.30. The Balaban J connectivity index is 1.86. The van der Waals surface area contributed by atoms with Crippen LogP contribution in [0.1, 0.15) is 0 Å². The molecule has 1 amide bonds. The van der Waals surface area contributed by atoms with Gasteiger partial charge in [-0.15, -0.1) is 0 Å². The van der Waals surface area contributed by atoms with Crippen LogP contribution in [-0.2, 0) is 4.74 Å². The summed E-state index contributed by atoms with van der Waals surface area (Å²) >= 11 is 3.44. The van der Waals surface area contributed by atoms with Gasteiger partial charge < -0.3 is 14.5 Å². The van der Waals surface area contributed by atoms with E-state index in [-0.39, 0.29) is 0 Å². The highest BCUT2D eigenvalue weighted by atomic mass is 79.9. The second kappa shape index (κ2) is 6.07. The van der Waals surface area contributed by atoms with Gasteiger partial charge in [-0.2, -0.15) is 0 Å². The summed E-state index contributed by atoms with van der Waals surface area (Å²) in [5.74, 6) is 1.70. The molecule has 0 spiro atoms. The van der Waals surface area contributed by atoms with Gasteiger partial charge in [0.25, 0.3) is 0 Å². The number of para-hydroxylation sites is 1. The van der Waals surface area contributed by atoms with Crippen molar-refractivity contribution in [3.05, 3.63) is 46.9 Å². The molecule has 22 heavy (non-hydrogen) atoms. The Morgan fingerprint density at radius 2 is 2.09 bits per heavy atom. The Hall–Kier alpha value is -2.54. The zero-order valence-corrected chi connectivity index (χ0v) is 13.2. The molecule has 0 aliphatic carbocycles. The van der Waals surface area contributed by atoms with Crippen LogP contribution >= 0.6 is 15.9 Å². The highest BCUT2D eigenvalue weighted by Gasteiger charge is 2.08. The number of amides is 1. The van der Waals surface area contributed by atoms with Crippen molar-refractivity contribution in [1.82, 2.24) is 9.97 Å². The molecule has 112 valence electrons. The molecule has 1 aromatic heterocycles. The van der Waals surface area contributed by atoms with Gasteiger partial charge in [-0.1, -0.05) is 12.1 Å². The molecule has 0 atom stereocenters. The maximum atomic E-state index is 11.2. The van der Waals surface area contributed by atoms with E-state index in [1.54, 1.807) is 6.07 Å². The van der Waals surface area contributed by atoms with Crippen LogP contribution in [-0.4, -0.2) is 23.2 Å². The second-order valence-electron chi connectivity index (χ2n) is 4.41. The van der Waals surface area contributed by atoms with Crippen molar-refractivity contribution in [1.29, 1.82) is 0 Å². The number of ether oxygens (including phenoxy) is 2. The third-order valence-corrected chi connectivity index (χ3v) is 3.58. The van der Waals surface area contributed by atoms with Gasteiger partial charge in [-0.25, -0.2) is 9.78 Å². The number of fused-ring (bicyclic) bond motifs is 1. The number of nitrogens with one attached hydrogen (secondary N) is 2. The molecule has 0 aliphatic heterocycles. The summed E-state index contributed by atoms with van der Waals surface area (Å²) in [5, 5.41) is 2.48. The molecule has 0 radical (unpaired) electrons. The quantitative estimate of drug-likeness (QED) is 0.729. The third-order valence-electron chi connectivity index (χ3n) is 2.92. The van der Waals surface area contributed by atoms with Crippen LogP contribution in [0.3, 0.4) is 0 Å². The van der Waals surface area contributed by atoms with Crippen LogP contribution in [0.5, 0.6) is 11.5 Å². The molecule has 0 unspecified atom stereocenters. The first-order valence-corrected chi connectivity index (χ1v) is 7.22. The van der Waals surface area contributed by atoms with Crippen LogP contribution < -0.4 is 10.1 Å². The predicted octanol–water partition coefficient (Wildman–Crippen LogP) is 4.30. The van der Waals surface area contributed by atoms with Gasteiger partial charge in [0.2, 0.25) is 5.95 Å².